The van der Waals surface area contributed by atoms with E-state index in [1.54, 1.807) is 13.8 Å². The van der Waals surface area contributed by atoms with E-state index in [4.69, 9.17) is 9.84 Å². The second-order valence-electron chi connectivity index (χ2n) is 3.55. The Balaban J connectivity index is 2.82. The highest BCUT2D eigenvalue weighted by Gasteiger charge is 2.48. The van der Waals surface area contributed by atoms with E-state index in [9.17, 15) is 9.90 Å². The van der Waals surface area contributed by atoms with Crippen molar-refractivity contribution in [1.29, 1.82) is 0 Å². The van der Waals surface area contributed by atoms with Gasteiger partial charge in [-0.15, -0.1) is 0 Å². The van der Waals surface area contributed by atoms with Crippen LogP contribution in [-0.4, -0.2) is 34.5 Å². The molecule has 0 saturated carbocycles. The Labute approximate surface area is 77.5 Å². The van der Waals surface area contributed by atoms with Gasteiger partial charge in [0.25, 0.3) is 0 Å². The van der Waals surface area contributed by atoms with E-state index in [1.165, 1.54) is 0 Å². The lowest BCUT2D eigenvalue weighted by Gasteiger charge is -2.31. The van der Waals surface area contributed by atoms with Gasteiger partial charge in [0.15, 0.2) is 0 Å². The number of carboxylic acids is 1. The molecule has 4 nitrogen and oxygen atoms in total. The smallest absolute Gasteiger partial charge is 0.309 e. The molecule has 1 fully saturated rings. The van der Waals surface area contributed by atoms with Crippen molar-refractivity contribution in [1.82, 2.24) is 0 Å². The second-order valence-corrected chi connectivity index (χ2v) is 3.55. The topological polar surface area (TPSA) is 66.8 Å². The lowest BCUT2D eigenvalue weighted by atomic mass is 9.81. The summed E-state index contributed by atoms with van der Waals surface area (Å²) in [4.78, 5) is 10.9. The first kappa shape index (κ1) is 10.5. The zero-order chi connectivity index (χ0) is 10.1. The van der Waals surface area contributed by atoms with Gasteiger partial charge in [-0.3, -0.25) is 4.79 Å². The number of aliphatic hydroxyl groups is 1. The lowest BCUT2D eigenvalue weighted by Crippen LogP contribution is -2.47. The average molecular weight is 188 g/mol. The van der Waals surface area contributed by atoms with Crippen LogP contribution in [0.4, 0.5) is 0 Å². The summed E-state index contributed by atoms with van der Waals surface area (Å²) in [7, 11) is 0. The van der Waals surface area contributed by atoms with Gasteiger partial charge in [0, 0.05) is 13.0 Å². The van der Waals surface area contributed by atoms with Gasteiger partial charge in [0.1, 0.15) is 5.60 Å². The van der Waals surface area contributed by atoms with Crippen LogP contribution in [0.5, 0.6) is 0 Å². The van der Waals surface area contributed by atoms with E-state index >= 15 is 0 Å². The molecular weight excluding hydrogens is 172 g/mol. The Hall–Kier alpha value is -0.610. The number of aliphatic carboxylic acids is 1. The maximum absolute atomic E-state index is 10.9. The summed E-state index contributed by atoms with van der Waals surface area (Å²) in [5.74, 6) is -1.66. The summed E-state index contributed by atoms with van der Waals surface area (Å²) >= 11 is 0. The van der Waals surface area contributed by atoms with Crippen LogP contribution in [-0.2, 0) is 9.53 Å². The number of carbonyl (C=O) groups is 1. The highest BCUT2D eigenvalue weighted by Crippen LogP contribution is 2.34. The molecule has 2 N–H and O–H groups in total. The fourth-order valence-corrected chi connectivity index (χ4v) is 1.95. The monoisotopic (exact) mass is 188 g/mol. The van der Waals surface area contributed by atoms with Gasteiger partial charge in [-0.25, -0.2) is 0 Å². The van der Waals surface area contributed by atoms with E-state index in [2.05, 4.69) is 0 Å². The maximum Gasteiger partial charge on any atom is 0.309 e. The SMILES string of the molecule is CCC(C(=O)O)C1(O)CCOC1C. The molecule has 0 radical (unpaired) electrons. The summed E-state index contributed by atoms with van der Waals surface area (Å²) in [6.07, 6.45) is 0.465. The molecule has 1 aliphatic heterocycles. The van der Waals surface area contributed by atoms with Gasteiger partial charge < -0.3 is 14.9 Å². The van der Waals surface area contributed by atoms with Crippen LogP contribution in [0.2, 0.25) is 0 Å². The summed E-state index contributed by atoms with van der Waals surface area (Å²) in [5.41, 5.74) is -1.18. The van der Waals surface area contributed by atoms with Gasteiger partial charge in [0.2, 0.25) is 0 Å². The van der Waals surface area contributed by atoms with Crippen molar-refractivity contribution in [3.63, 3.8) is 0 Å². The molecule has 3 unspecified atom stereocenters. The summed E-state index contributed by atoms with van der Waals surface area (Å²) in [6.45, 7) is 3.93. The molecule has 4 heteroatoms. The minimum Gasteiger partial charge on any atom is -0.481 e. The average Bonchev–Trinajstić information content (AvgIpc) is 2.33. The minimum atomic E-state index is -1.18. The highest BCUT2D eigenvalue weighted by molar-refractivity contribution is 5.71. The molecule has 0 aromatic carbocycles. The van der Waals surface area contributed by atoms with Crippen molar-refractivity contribution in [3.8, 4) is 0 Å². The number of rotatable bonds is 3. The lowest BCUT2D eigenvalue weighted by molar-refractivity contribution is -0.156. The molecule has 0 aromatic heterocycles. The van der Waals surface area contributed by atoms with Gasteiger partial charge in [-0.05, 0) is 13.3 Å². The molecule has 1 heterocycles. The van der Waals surface area contributed by atoms with Gasteiger partial charge in [-0.2, -0.15) is 0 Å². The Bertz CT molecular complexity index is 204. The maximum atomic E-state index is 10.9. The number of hydrogen-bond acceptors (Lipinski definition) is 3. The first-order chi connectivity index (χ1) is 6.02. The van der Waals surface area contributed by atoms with Crippen LogP contribution in [0.25, 0.3) is 0 Å². The van der Waals surface area contributed by atoms with Crippen molar-refractivity contribution < 1.29 is 19.7 Å². The molecule has 76 valence electrons. The van der Waals surface area contributed by atoms with Crippen molar-refractivity contribution in [2.24, 2.45) is 5.92 Å². The first-order valence-corrected chi connectivity index (χ1v) is 4.59. The molecule has 0 spiro atoms. The van der Waals surface area contributed by atoms with E-state index in [-0.39, 0.29) is 6.10 Å². The third-order valence-corrected chi connectivity index (χ3v) is 2.88. The number of ether oxygens (including phenoxy) is 1. The predicted molar refractivity (Wildman–Crippen MR) is 46.4 cm³/mol. The van der Waals surface area contributed by atoms with Crippen LogP contribution in [0.1, 0.15) is 26.7 Å². The van der Waals surface area contributed by atoms with Crippen LogP contribution in [0, 0.1) is 5.92 Å². The van der Waals surface area contributed by atoms with Crippen molar-refractivity contribution in [2.75, 3.05) is 6.61 Å². The molecule has 0 amide bonds. The Morgan fingerprint density at radius 2 is 2.38 bits per heavy atom. The highest BCUT2D eigenvalue weighted by atomic mass is 16.5. The van der Waals surface area contributed by atoms with Crippen molar-refractivity contribution >= 4 is 5.97 Å². The Morgan fingerprint density at radius 3 is 2.69 bits per heavy atom. The predicted octanol–water partition coefficient (Wildman–Crippen LogP) is 0.637. The fourth-order valence-electron chi connectivity index (χ4n) is 1.95. The minimum absolute atomic E-state index is 0.381. The van der Waals surface area contributed by atoms with Crippen LogP contribution in [0.15, 0.2) is 0 Å². The van der Waals surface area contributed by atoms with Crippen LogP contribution >= 0.6 is 0 Å². The largest absolute Gasteiger partial charge is 0.481 e. The van der Waals surface area contributed by atoms with E-state index in [0.717, 1.165) is 0 Å². The Kier molecular flexibility index (Phi) is 2.93. The molecule has 1 aliphatic rings. The molecule has 13 heavy (non-hydrogen) atoms. The van der Waals surface area contributed by atoms with E-state index in [0.29, 0.717) is 19.4 Å². The molecule has 0 bridgehead atoms. The van der Waals surface area contributed by atoms with Gasteiger partial charge in [-0.1, -0.05) is 6.92 Å². The molecule has 0 aliphatic carbocycles. The van der Waals surface area contributed by atoms with E-state index < -0.39 is 17.5 Å². The van der Waals surface area contributed by atoms with E-state index in [1.807, 2.05) is 0 Å². The fraction of sp³-hybridized carbons (Fsp3) is 0.889. The molecular formula is C9H16O4. The first-order valence-electron chi connectivity index (χ1n) is 4.59. The second kappa shape index (κ2) is 3.64. The summed E-state index contributed by atoms with van der Waals surface area (Å²) in [6, 6.07) is 0. The number of hydrogen-bond donors (Lipinski definition) is 2. The zero-order valence-electron chi connectivity index (χ0n) is 7.99. The standard InChI is InChI=1S/C9H16O4/c1-3-7(8(10)11)9(12)4-5-13-6(9)2/h6-7,12H,3-5H2,1-2H3,(H,10,11). The number of carboxylic acid groups (broad SMARTS) is 1. The normalized spacial score (nSPS) is 36.1. The molecule has 1 saturated heterocycles. The molecule has 0 aromatic rings. The quantitative estimate of drug-likeness (QED) is 0.682. The van der Waals surface area contributed by atoms with Crippen LogP contribution < -0.4 is 0 Å². The van der Waals surface area contributed by atoms with Crippen molar-refractivity contribution in [2.45, 2.75) is 38.4 Å². The summed E-state index contributed by atoms with van der Waals surface area (Å²) in [5, 5.41) is 19.0. The van der Waals surface area contributed by atoms with Gasteiger partial charge >= 0.3 is 5.97 Å². The third-order valence-electron chi connectivity index (χ3n) is 2.88. The molecule has 1 rings (SSSR count). The third kappa shape index (κ3) is 1.69. The summed E-state index contributed by atoms with van der Waals surface area (Å²) < 4.78 is 5.19. The van der Waals surface area contributed by atoms with Crippen LogP contribution in [0.3, 0.4) is 0 Å². The van der Waals surface area contributed by atoms with Gasteiger partial charge in [0.05, 0.1) is 12.0 Å². The molecule has 3 atom stereocenters. The Morgan fingerprint density at radius 1 is 1.77 bits per heavy atom. The van der Waals surface area contributed by atoms with Crippen molar-refractivity contribution in [3.05, 3.63) is 0 Å². The zero-order valence-corrected chi connectivity index (χ0v) is 7.99.